The van der Waals surface area contributed by atoms with Gasteiger partial charge in [0.25, 0.3) is 11.5 Å². The van der Waals surface area contributed by atoms with E-state index in [1.165, 1.54) is 12.1 Å². The first-order valence-electron chi connectivity index (χ1n) is 8.20. The number of rotatable bonds is 6. The molecule has 1 aromatic heterocycles. The minimum absolute atomic E-state index is 0.0635. The number of nitrogens with zero attached hydrogens (tertiary/aromatic N) is 2. The first-order chi connectivity index (χ1) is 12.4. The van der Waals surface area contributed by atoms with Crippen LogP contribution in [0.2, 0.25) is 0 Å². The molecular formula is C17H19N3O5S. The average Bonchev–Trinajstić information content (AvgIpc) is 2.96. The summed E-state index contributed by atoms with van der Waals surface area (Å²) in [6.45, 7) is 0.412. The SMILES string of the molecule is O=C(NC1CCS(=O)(=O)C1)c1ccc(=O)n(CCOc2ccccc2)n1. The summed E-state index contributed by atoms with van der Waals surface area (Å²) in [4.78, 5) is 24.2. The number of amides is 1. The number of hydrogen-bond donors (Lipinski definition) is 1. The molecule has 2 heterocycles. The minimum Gasteiger partial charge on any atom is -0.492 e. The van der Waals surface area contributed by atoms with Gasteiger partial charge in [0.2, 0.25) is 0 Å². The van der Waals surface area contributed by atoms with Gasteiger partial charge < -0.3 is 10.1 Å². The molecule has 1 amide bonds. The highest BCUT2D eigenvalue weighted by atomic mass is 32.2. The molecule has 0 saturated carbocycles. The van der Waals surface area contributed by atoms with Crippen LogP contribution in [0.5, 0.6) is 5.75 Å². The maximum atomic E-state index is 12.3. The lowest BCUT2D eigenvalue weighted by molar-refractivity contribution is 0.0933. The minimum atomic E-state index is -3.08. The molecule has 1 saturated heterocycles. The Labute approximate surface area is 150 Å². The zero-order valence-corrected chi connectivity index (χ0v) is 14.8. The molecular weight excluding hydrogens is 358 g/mol. The van der Waals surface area contributed by atoms with Crippen LogP contribution in [0.15, 0.2) is 47.3 Å². The molecule has 2 aromatic rings. The lowest BCUT2D eigenvalue weighted by Gasteiger charge is -2.12. The number of benzene rings is 1. The maximum Gasteiger partial charge on any atom is 0.271 e. The van der Waals surface area contributed by atoms with Crippen LogP contribution < -0.4 is 15.6 Å². The Morgan fingerprint density at radius 3 is 2.69 bits per heavy atom. The van der Waals surface area contributed by atoms with Gasteiger partial charge in [-0.25, -0.2) is 13.1 Å². The standard InChI is InChI=1S/C17H19N3O5S/c21-16-7-6-15(17(22)18-13-8-11-26(23,24)12-13)19-20(16)9-10-25-14-4-2-1-3-5-14/h1-7,13H,8-12H2,(H,18,22). The van der Waals surface area contributed by atoms with Gasteiger partial charge in [-0.05, 0) is 24.6 Å². The van der Waals surface area contributed by atoms with Crippen LogP contribution in [0.1, 0.15) is 16.9 Å². The summed E-state index contributed by atoms with van der Waals surface area (Å²) in [5, 5.41) is 6.70. The number of nitrogens with one attached hydrogen (secondary N) is 1. The highest BCUT2D eigenvalue weighted by Crippen LogP contribution is 2.11. The van der Waals surface area contributed by atoms with Crippen molar-refractivity contribution in [2.45, 2.75) is 19.0 Å². The fraction of sp³-hybridized carbons (Fsp3) is 0.353. The van der Waals surface area contributed by atoms with Crippen molar-refractivity contribution in [1.29, 1.82) is 0 Å². The average molecular weight is 377 g/mol. The second-order valence-electron chi connectivity index (χ2n) is 6.01. The lowest BCUT2D eigenvalue weighted by Crippen LogP contribution is -2.37. The van der Waals surface area contributed by atoms with E-state index in [0.29, 0.717) is 12.2 Å². The van der Waals surface area contributed by atoms with Gasteiger partial charge in [-0.2, -0.15) is 5.10 Å². The number of carbonyl (C=O) groups excluding carboxylic acids is 1. The van der Waals surface area contributed by atoms with Gasteiger partial charge in [-0.15, -0.1) is 0 Å². The van der Waals surface area contributed by atoms with E-state index in [-0.39, 0.29) is 35.9 Å². The summed E-state index contributed by atoms with van der Waals surface area (Å²) in [6.07, 6.45) is 0.388. The van der Waals surface area contributed by atoms with Crippen LogP contribution >= 0.6 is 0 Å². The smallest absolute Gasteiger partial charge is 0.271 e. The van der Waals surface area contributed by atoms with Crippen molar-refractivity contribution >= 4 is 15.7 Å². The fourth-order valence-electron chi connectivity index (χ4n) is 2.67. The zero-order chi connectivity index (χ0) is 18.6. The molecule has 0 aliphatic carbocycles. The van der Waals surface area contributed by atoms with E-state index in [1.807, 2.05) is 18.2 Å². The Kier molecular flexibility index (Phi) is 5.36. The van der Waals surface area contributed by atoms with Crippen LogP contribution in [-0.4, -0.2) is 48.3 Å². The van der Waals surface area contributed by atoms with E-state index in [0.717, 1.165) is 4.68 Å². The van der Waals surface area contributed by atoms with Gasteiger partial charge in [0.05, 0.1) is 18.1 Å². The Hall–Kier alpha value is -2.68. The first-order valence-corrected chi connectivity index (χ1v) is 10.0. The van der Waals surface area contributed by atoms with E-state index in [1.54, 1.807) is 12.1 Å². The summed E-state index contributed by atoms with van der Waals surface area (Å²) in [7, 11) is -3.08. The highest BCUT2D eigenvalue weighted by molar-refractivity contribution is 7.91. The van der Waals surface area contributed by atoms with Crippen LogP contribution in [0.25, 0.3) is 0 Å². The zero-order valence-electron chi connectivity index (χ0n) is 14.0. The molecule has 3 rings (SSSR count). The van der Waals surface area contributed by atoms with Crippen molar-refractivity contribution in [2.24, 2.45) is 0 Å². The molecule has 1 unspecified atom stereocenters. The van der Waals surface area contributed by atoms with Crippen molar-refractivity contribution in [3.05, 3.63) is 58.5 Å². The summed E-state index contributed by atoms with van der Waals surface area (Å²) >= 11 is 0. The second-order valence-corrected chi connectivity index (χ2v) is 8.24. The Balaban J connectivity index is 1.61. The molecule has 1 aliphatic heterocycles. The third-order valence-corrected chi connectivity index (χ3v) is 5.75. The van der Waals surface area contributed by atoms with E-state index < -0.39 is 21.8 Å². The molecule has 1 N–H and O–H groups in total. The molecule has 1 aliphatic rings. The number of ether oxygens (including phenoxy) is 1. The molecule has 1 aromatic carbocycles. The molecule has 26 heavy (non-hydrogen) atoms. The molecule has 138 valence electrons. The van der Waals surface area contributed by atoms with Gasteiger partial charge >= 0.3 is 0 Å². The van der Waals surface area contributed by atoms with Gasteiger partial charge in [0.1, 0.15) is 18.1 Å². The predicted octanol–water partition coefficient (Wildman–Crippen LogP) is 0.239. The van der Waals surface area contributed by atoms with Crippen molar-refractivity contribution in [3.8, 4) is 5.75 Å². The lowest BCUT2D eigenvalue weighted by atomic mass is 10.2. The van der Waals surface area contributed by atoms with Crippen molar-refractivity contribution < 1.29 is 17.9 Å². The van der Waals surface area contributed by atoms with Gasteiger partial charge in [0, 0.05) is 12.1 Å². The summed E-state index contributed by atoms with van der Waals surface area (Å²) in [5.41, 5.74) is -0.282. The summed E-state index contributed by atoms with van der Waals surface area (Å²) < 4.78 is 29.6. The van der Waals surface area contributed by atoms with Crippen LogP contribution in [0.3, 0.4) is 0 Å². The highest BCUT2D eigenvalue weighted by Gasteiger charge is 2.29. The quantitative estimate of drug-likeness (QED) is 0.773. The van der Waals surface area contributed by atoms with E-state index in [9.17, 15) is 18.0 Å². The largest absolute Gasteiger partial charge is 0.492 e. The molecule has 1 atom stereocenters. The Morgan fingerprint density at radius 2 is 2.00 bits per heavy atom. The van der Waals surface area contributed by atoms with Crippen molar-refractivity contribution in [2.75, 3.05) is 18.1 Å². The van der Waals surface area contributed by atoms with E-state index in [2.05, 4.69) is 10.4 Å². The van der Waals surface area contributed by atoms with Crippen molar-refractivity contribution in [1.82, 2.24) is 15.1 Å². The van der Waals surface area contributed by atoms with Crippen molar-refractivity contribution in [3.63, 3.8) is 0 Å². The van der Waals surface area contributed by atoms with Gasteiger partial charge in [0.15, 0.2) is 9.84 Å². The number of carbonyl (C=O) groups is 1. The van der Waals surface area contributed by atoms with Crippen LogP contribution in [0, 0.1) is 0 Å². The van der Waals surface area contributed by atoms with E-state index in [4.69, 9.17) is 4.74 Å². The van der Waals surface area contributed by atoms with E-state index >= 15 is 0 Å². The third-order valence-electron chi connectivity index (χ3n) is 3.98. The molecule has 1 fully saturated rings. The fourth-order valence-corrected chi connectivity index (χ4v) is 4.34. The van der Waals surface area contributed by atoms with Gasteiger partial charge in [-0.3, -0.25) is 9.59 Å². The molecule has 9 heteroatoms. The number of aromatic nitrogens is 2. The molecule has 0 spiro atoms. The predicted molar refractivity (Wildman–Crippen MR) is 95.0 cm³/mol. The Morgan fingerprint density at radius 1 is 1.23 bits per heavy atom. The maximum absolute atomic E-state index is 12.3. The van der Waals surface area contributed by atoms with Gasteiger partial charge in [-0.1, -0.05) is 18.2 Å². The molecule has 0 radical (unpaired) electrons. The molecule has 0 bridgehead atoms. The number of para-hydroxylation sites is 1. The molecule has 8 nitrogen and oxygen atoms in total. The topological polar surface area (TPSA) is 107 Å². The monoisotopic (exact) mass is 377 g/mol. The number of sulfone groups is 1. The summed E-state index contributed by atoms with van der Waals surface area (Å²) in [5.74, 6) is 0.187. The first kappa shape index (κ1) is 18.1. The normalized spacial score (nSPS) is 18.4. The summed E-state index contributed by atoms with van der Waals surface area (Å²) in [6, 6.07) is 11.3. The Bertz CT molecular complexity index is 940. The number of hydrogen-bond acceptors (Lipinski definition) is 6. The third kappa shape index (κ3) is 4.69. The second kappa shape index (κ2) is 7.69. The van der Waals surface area contributed by atoms with Crippen LogP contribution in [0.4, 0.5) is 0 Å². The van der Waals surface area contributed by atoms with Crippen LogP contribution in [-0.2, 0) is 16.4 Å².